The minimum atomic E-state index is -4.67. The summed E-state index contributed by atoms with van der Waals surface area (Å²) >= 11 is 12.4. The number of sulfonamides is 1. The van der Waals surface area contributed by atoms with Crippen LogP contribution in [0.15, 0.2) is 94.6 Å². The Morgan fingerprint density at radius 1 is 0.820 bits per heavy atom. The molecule has 50 heavy (non-hydrogen) atoms. The Kier molecular flexibility index (Phi) is 9.43. The molecule has 0 radical (unpaired) electrons. The van der Waals surface area contributed by atoms with E-state index in [9.17, 15) is 41.2 Å². The van der Waals surface area contributed by atoms with Crippen LogP contribution in [-0.4, -0.2) is 67.0 Å². The van der Waals surface area contributed by atoms with Gasteiger partial charge in [0.1, 0.15) is 17.8 Å². The second-order valence-corrected chi connectivity index (χ2v) is 14.4. The van der Waals surface area contributed by atoms with E-state index in [1.165, 1.54) is 45.9 Å². The molecule has 16 heteroatoms. The van der Waals surface area contributed by atoms with Gasteiger partial charge in [-0.1, -0.05) is 53.5 Å². The number of halogens is 5. The highest BCUT2D eigenvalue weighted by molar-refractivity contribution is 7.92. The lowest BCUT2D eigenvalue weighted by Gasteiger charge is -2.35. The number of alkyl halides is 3. The van der Waals surface area contributed by atoms with Crippen molar-refractivity contribution in [2.45, 2.75) is 29.6 Å². The van der Waals surface area contributed by atoms with E-state index in [-0.39, 0.29) is 48.0 Å². The van der Waals surface area contributed by atoms with Gasteiger partial charge in [-0.25, -0.2) is 12.7 Å². The Morgan fingerprint density at radius 3 is 1.94 bits per heavy atom. The average molecular weight is 745 g/mol. The topological polar surface area (TPSA) is 124 Å². The molecule has 10 nitrogen and oxygen atoms in total. The summed E-state index contributed by atoms with van der Waals surface area (Å²) in [5, 5.41) is 10.3. The number of hydrogen-bond donors (Lipinski definition) is 0. The smallest absolute Gasteiger partial charge is 0.339 e. The maximum Gasteiger partial charge on any atom is 0.397 e. The number of amides is 2. The van der Waals surface area contributed by atoms with Gasteiger partial charge < -0.3 is 9.80 Å². The van der Waals surface area contributed by atoms with Crippen molar-refractivity contribution in [2.75, 3.05) is 30.5 Å². The first-order chi connectivity index (χ1) is 23.7. The van der Waals surface area contributed by atoms with Gasteiger partial charge in [-0.3, -0.25) is 19.0 Å². The highest BCUT2D eigenvalue weighted by atomic mass is 35.5. The summed E-state index contributed by atoms with van der Waals surface area (Å²) in [5.41, 5.74) is -0.0671. The molecule has 2 amide bonds. The molecule has 2 aliphatic rings. The molecule has 0 bridgehead atoms. The number of benzene rings is 3. The number of fused-ring (bicyclic) bond motifs is 1. The molecule has 0 spiro atoms. The van der Waals surface area contributed by atoms with Crippen LogP contribution in [0.3, 0.4) is 0 Å². The van der Waals surface area contributed by atoms with Gasteiger partial charge >= 0.3 is 6.18 Å². The number of carbonyl (C=O) groups excluding carboxylic acids is 2. The van der Waals surface area contributed by atoms with Gasteiger partial charge in [-0.2, -0.15) is 18.4 Å². The van der Waals surface area contributed by atoms with E-state index in [0.29, 0.717) is 21.2 Å². The van der Waals surface area contributed by atoms with Crippen molar-refractivity contribution in [3.63, 3.8) is 0 Å². The number of piperazine rings is 1. The first-order valence-corrected chi connectivity index (χ1v) is 17.3. The Balaban J connectivity index is 1.48. The molecule has 2 unspecified atom stereocenters. The average Bonchev–Trinajstić information content (AvgIpc) is 3.45. The van der Waals surface area contributed by atoms with Gasteiger partial charge in [0.15, 0.2) is 0 Å². The molecule has 0 aliphatic carbocycles. The number of nitriles is 1. The maximum absolute atomic E-state index is 14.6. The first-order valence-electron chi connectivity index (χ1n) is 15.1. The first kappa shape index (κ1) is 35.0. The van der Waals surface area contributed by atoms with Crippen LogP contribution in [0.5, 0.6) is 0 Å². The molecule has 6 rings (SSSR count). The van der Waals surface area contributed by atoms with Crippen molar-refractivity contribution in [1.82, 2.24) is 14.4 Å². The van der Waals surface area contributed by atoms with E-state index in [1.807, 2.05) is 6.07 Å². The minimum Gasteiger partial charge on any atom is -0.339 e. The summed E-state index contributed by atoms with van der Waals surface area (Å²) in [4.78, 5) is 42.5. The van der Waals surface area contributed by atoms with E-state index in [1.54, 1.807) is 48.5 Å². The number of pyridine rings is 1. The van der Waals surface area contributed by atoms with Crippen molar-refractivity contribution >= 4 is 50.9 Å². The Labute approximate surface area is 294 Å². The van der Waals surface area contributed by atoms with Gasteiger partial charge in [-0.15, -0.1) is 0 Å². The third kappa shape index (κ3) is 6.68. The Morgan fingerprint density at radius 2 is 1.38 bits per heavy atom. The molecule has 3 heterocycles. The van der Waals surface area contributed by atoms with Crippen LogP contribution in [0.2, 0.25) is 10.0 Å². The zero-order valence-corrected chi connectivity index (χ0v) is 28.2. The molecule has 2 atom stereocenters. The Hall–Kier alpha value is -4.84. The van der Waals surface area contributed by atoms with Gasteiger partial charge in [-0.05, 0) is 65.7 Å². The van der Waals surface area contributed by atoms with Crippen LogP contribution in [0.1, 0.15) is 45.6 Å². The summed E-state index contributed by atoms with van der Waals surface area (Å²) in [6, 6.07) is 20.7. The number of rotatable bonds is 6. The van der Waals surface area contributed by atoms with E-state index in [4.69, 9.17) is 23.2 Å². The lowest BCUT2D eigenvalue weighted by atomic mass is 9.94. The fourth-order valence-corrected chi connectivity index (χ4v) is 8.20. The van der Waals surface area contributed by atoms with Gasteiger partial charge in [0.2, 0.25) is 5.91 Å². The maximum atomic E-state index is 14.6. The van der Waals surface area contributed by atoms with E-state index < -0.39 is 52.1 Å². The number of aromatic nitrogens is 1. The number of carbonyl (C=O) groups is 2. The molecule has 1 fully saturated rings. The molecule has 2 aliphatic heterocycles. The second kappa shape index (κ2) is 13.5. The van der Waals surface area contributed by atoms with Crippen molar-refractivity contribution in [1.29, 1.82) is 5.26 Å². The fourth-order valence-electron chi connectivity index (χ4n) is 6.26. The zero-order valence-electron chi connectivity index (χ0n) is 25.8. The molecule has 0 saturated carbocycles. The third-order valence-corrected chi connectivity index (χ3v) is 10.9. The van der Waals surface area contributed by atoms with Gasteiger partial charge in [0.05, 0.1) is 28.6 Å². The number of hydrogen-bond acceptors (Lipinski definition) is 6. The van der Waals surface area contributed by atoms with E-state index >= 15 is 0 Å². The van der Waals surface area contributed by atoms with Crippen molar-refractivity contribution in [3.05, 3.63) is 128 Å². The summed E-state index contributed by atoms with van der Waals surface area (Å²) in [6.07, 6.45) is -6.29. The molecule has 3 aromatic carbocycles. The summed E-state index contributed by atoms with van der Waals surface area (Å²) in [5.74, 6) is -1.90. The predicted octanol–water partition coefficient (Wildman–Crippen LogP) is 5.80. The second-order valence-electron chi connectivity index (χ2n) is 11.7. The molecular formula is C34H26Cl2F3N5O5S. The molecule has 258 valence electrons. The number of nitrogens with zero attached hydrogens (tertiary/aromatic N) is 5. The van der Waals surface area contributed by atoms with Crippen molar-refractivity contribution < 1.29 is 31.2 Å². The monoisotopic (exact) mass is 743 g/mol. The van der Waals surface area contributed by atoms with Crippen LogP contribution < -0.4 is 9.86 Å². The summed E-state index contributed by atoms with van der Waals surface area (Å²) in [6.45, 7) is -0.555. The van der Waals surface area contributed by atoms with Crippen molar-refractivity contribution in [3.8, 4) is 6.07 Å². The molecule has 1 saturated heterocycles. The molecule has 1 aromatic heterocycles. The predicted molar refractivity (Wildman–Crippen MR) is 178 cm³/mol. The molecular weight excluding hydrogens is 718 g/mol. The highest BCUT2D eigenvalue weighted by Crippen LogP contribution is 2.49. The SMILES string of the molecule is N#Cc1cccc(S(=O)(=O)N2c3ccc(C(=O)N4CCN(C(=O)CC(F)(F)F)CC4)c(=O)n3C(c3ccc(Cl)cc3)C2c2ccc(Cl)cc2)c1. The normalized spacial score (nSPS) is 17.7. The summed E-state index contributed by atoms with van der Waals surface area (Å²) in [7, 11) is -4.49. The summed E-state index contributed by atoms with van der Waals surface area (Å²) < 4.78 is 69.8. The largest absolute Gasteiger partial charge is 0.397 e. The molecule has 0 N–H and O–H groups in total. The van der Waals surface area contributed by atoms with Crippen molar-refractivity contribution in [2.24, 2.45) is 0 Å². The van der Waals surface area contributed by atoms with Crippen LogP contribution in [0.4, 0.5) is 19.0 Å². The van der Waals surface area contributed by atoms with Crippen LogP contribution in [0.25, 0.3) is 0 Å². The van der Waals surface area contributed by atoms with E-state index in [2.05, 4.69) is 0 Å². The Bertz CT molecular complexity index is 2180. The van der Waals surface area contributed by atoms with Crippen LogP contribution in [0, 0.1) is 11.3 Å². The molecule has 4 aromatic rings. The van der Waals surface area contributed by atoms with Crippen LogP contribution in [-0.2, 0) is 14.8 Å². The number of anilines is 1. The standard InChI is InChI=1S/C34H26Cl2F3N5O5S/c35-24-8-4-22(5-9-24)30-31(23-6-10-25(36)11-7-23)44(50(48,49)26-3-1-2-21(18-26)20-40)28-13-12-27(33(47)43(28)30)32(46)42-16-14-41(15-17-42)29(45)19-34(37,38)39/h1-13,18,30-31H,14-17,19H2. The van der Waals surface area contributed by atoms with Crippen LogP contribution >= 0.6 is 23.2 Å². The van der Waals surface area contributed by atoms with E-state index in [0.717, 1.165) is 9.21 Å². The third-order valence-electron chi connectivity index (χ3n) is 8.60. The quantitative estimate of drug-likeness (QED) is 0.246. The fraction of sp³-hybridized carbons (Fsp3) is 0.235. The minimum absolute atomic E-state index is 0.0589. The highest BCUT2D eigenvalue weighted by Gasteiger charge is 2.48. The van der Waals surface area contributed by atoms with Gasteiger partial charge in [0, 0.05) is 36.2 Å². The lowest BCUT2D eigenvalue weighted by Crippen LogP contribution is -2.52. The lowest BCUT2D eigenvalue weighted by molar-refractivity contribution is -0.162. The van der Waals surface area contributed by atoms with Gasteiger partial charge in [0.25, 0.3) is 21.5 Å². The zero-order chi connectivity index (χ0) is 36.0.